The standard InChI is InChI=1S/C36H40N2O5/c1-40-34-17-30-14-15-38(21-31(30)18-35(34)41-2)22-32-19-33(27-8-6-24(23-39)7-9-27)43-36(42-32)28-12-10-26(11-13-28)29-5-3-4-25(16-29)20-37/h3-13,16-18,32-33,36,39H,14-15,19-23,37H2,1-2H3. The number of benzene rings is 4. The fourth-order valence-corrected chi connectivity index (χ4v) is 6.13. The van der Waals surface area contributed by atoms with Crippen molar-refractivity contribution in [2.75, 3.05) is 27.3 Å². The van der Waals surface area contributed by atoms with E-state index in [0.29, 0.717) is 6.54 Å². The summed E-state index contributed by atoms with van der Waals surface area (Å²) in [5.74, 6) is 1.54. The Morgan fingerprint density at radius 1 is 0.814 bits per heavy atom. The van der Waals surface area contributed by atoms with Crippen LogP contribution < -0.4 is 15.2 Å². The van der Waals surface area contributed by atoms with Gasteiger partial charge in [-0.15, -0.1) is 0 Å². The van der Waals surface area contributed by atoms with Crippen LogP contribution in [0.15, 0.2) is 84.9 Å². The zero-order valence-electron chi connectivity index (χ0n) is 24.9. The van der Waals surface area contributed by atoms with E-state index in [9.17, 15) is 5.11 Å². The van der Waals surface area contributed by atoms with Crippen molar-refractivity contribution in [2.45, 2.75) is 51.0 Å². The molecule has 2 aliphatic heterocycles. The van der Waals surface area contributed by atoms with Gasteiger partial charge in [0.2, 0.25) is 0 Å². The number of nitrogens with zero attached hydrogens (tertiary/aromatic N) is 1. The number of fused-ring (bicyclic) bond motifs is 1. The molecule has 4 aromatic rings. The number of hydrogen-bond acceptors (Lipinski definition) is 7. The van der Waals surface area contributed by atoms with Gasteiger partial charge in [0.25, 0.3) is 0 Å². The number of hydrogen-bond donors (Lipinski definition) is 2. The van der Waals surface area contributed by atoms with Crippen LogP contribution in [0.5, 0.6) is 11.5 Å². The van der Waals surface area contributed by atoms with Gasteiger partial charge in [-0.25, -0.2) is 0 Å². The van der Waals surface area contributed by atoms with E-state index in [-0.39, 0.29) is 18.8 Å². The van der Waals surface area contributed by atoms with Gasteiger partial charge < -0.3 is 29.8 Å². The normalized spacial score (nSPS) is 20.4. The maximum Gasteiger partial charge on any atom is 0.184 e. The molecule has 4 aromatic carbocycles. The van der Waals surface area contributed by atoms with Crippen molar-refractivity contribution in [1.82, 2.24) is 4.90 Å². The third-order valence-corrected chi connectivity index (χ3v) is 8.55. The quantitative estimate of drug-likeness (QED) is 0.254. The minimum atomic E-state index is -0.493. The Morgan fingerprint density at radius 3 is 2.23 bits per heavy atom. The van der Waals surface area contributed by atoms with Gasteiger partial charge in [0.15, 0.2) is 17.8 Å². The highest BCUT2D eigenvalue weighted by Gasteiger charge is 2.34. The van der Waals surface area contributed by atoms with Crippen LogP contribution in [0.3, 0.4) is 0 Å². The van der Waals surface area contributed by atoms with Crippen LogP contribution in [-0.4, -0.2) is 43.4 Å². The second-order valence-corrected chi connectivity index (χ2v) is 11.3. The Hall–Kier alpha value is -3.72. The molecule has 0 saturated carbocycles. The average molecular weight is 581 g/mol. The molecule has 2 aliphatic rings. The molecule has 0 aromatic heterocycles. The van der Waals surface area contributed by atoms with E-state index in [0.717, 1.165) is 77.4 Å². The van der Waals surface area contributed by atoms with E-state index in [2.05, 4.69) is 65.6 Å². The predicted octanol–water partition coefficient (Wildman–Crippen LogP) is 5.93. The molecule has 3 unspecified atom stereocenters. The van der Waals surface area contributed by atoms with Gasteiger partial charge in [-0.05, 0) is 63.6 Å². The number of aliphatic hydroxyl groups excluding tert-OH is 1. The molecule has 2 heterocycles. The van der Waals surface area contributed by atoms with Crippen LogP contribution in [0.1, 0.15) is 52.2 Å². The van der Waals surface area contributed by atoms with Crippen LogP contribution in [0.25, 0.3) is 11.1 Å². The van der Waals surface area contributed by atoms with Gasteiger partial charge in [-0.3, -0.25) is 4.90 Å². The van der Waals surface area contributed by atoms with E-state index in [4.69, 9.17) is 24.7 Å². The summed E-state index contributed by atoms with van der Waals surface area (Å²) in [6.07, 6.45) is 1.05. The van der Waals surface area contributed by atoms with Crippen molar-refractivity contribution in [3.05, 3.63) is 118 Å². The maximum absolute atomic E-state index is 9.54. The summed E-state index contributed by atoms with van der Waals surface area (Å²) < 4.78 is 24.4. The van der Waals surface area contributed by atoms with Gasteiger partial charge in [0.1, 0.15) is 0 Å². The SMILES string of the molecule is COc1cc2c(cc1OC)CN(CC1CC(c3ccc(CO)cc3)OC(c3ccc(-c4cccc(CN)c4)cc3)O1)CC2. The first-order valence-corrected chi connectivity index (χ1v) is 14.9. The van der Waals surface area contributed by atoms with Crippen molar-refractivity contribution >= 4 is 0 Å². The average Bonchev–Trinajstić information content (AvgIpc) is 3.07. The Bertz CT molecular complexity index is 1520. The highest BCUT2D eigenvalue weighted by Crippen LogP contribution is 2.39. The van der Waals surface area contributed by atoms with E-state index in [1.165, 1.54) is 11.1 Å². The lowest BCUT2D eigenvalue weighted by atomic mass is 9.96. The topological polar surface area (TPSA) is 86.4 Å². The minimum Gasteiger partial charge on any atom is -0.493 e. The zero-order chi connectivity index (χ0) is 29.8. The van der Waals surface area contributed by atoms with Gasteiger partial charge in [0.05, 0.1) is 33.0 Å². The molecular formula is C36H40N2O5. The van der Waals surface area contributed by atoms with Crippen LogP contribution in [0, 0.1) is 0 Å². The molecule has 0 amide bonds. The Kier molecular flexibility index (Phi) is 9.07. The van der Waals surface area contributed by atoms with Gasteiger partial charge in [0, 0.05) is 38.2 Å². The monoisotopic (exact) mass is 580 g/mol. The number of aliphatic hydroxyl groups is 1. The van der Waals surface area contributed by atoms with Crippen molar-refractivity contribution in [2.24, 2.45) is 5.73 Å². The van der Waals surface area contributed by atoms with Crippen LogP contribution in [-0.2, 0) is 35.6 Å². The van der Waals surface area contributed by atoms with E-state index >= 15 is 0 Å². The summed E-state index contributed by atoms with van der Waals surface area (Å²) in [5.41, 5.74) is 14.8. The van der Waals surface area contributed by atoms with Gasteiger partial charge in [-0.1, -0.05) is 66.7 Å². The number of methoxy groups -OCH3 is 2. The lowest BCUT2D eigenvalue weighted by molar-refractivity contribution is -0.253. The molecule has 3 N–H and O–H groups in total. The molecule has 0 bridgehead atoms. The molecule has 1 fully saturated rings. The summed E-state index contributed by atoms with van der Waals surface area (Å²) in [6, 6.07) is 29.0. The second-order valence-electron chi connectivity index (χ2n) is 11.3. The fraction of sp³-hybridized carbons (Fsp3) is 0.333. The van der Waals surface area contributed by atoms with Crippen LogP contribution in [0.4, 0.5) is 0 Å². The third-order valence-electron chi connectivity index (χ3n) is 8.55. The first-order chi connectivity index (χ1) is 21.1. The van der Waals surface area contributed by atoms with Crippen molar-refractivity contribution in [3.63, 3.8) is 0 Å². The highest BCUT2D eigenvalue weighted by atomic mass is 16.7. The Balaban J connectivity index is 1.22. The molecule has 224 valence electrons. The number of nitrogens with two attached hydrogens (primary N) is 1. The van der Waals surface area contributed by atoms with Crippen molar-refractivity contribution in [3.8, 4) is 22.6 Å². The Morgan fingerprint density at radius 2 is 1.53 bits per heavy atom. The van der Waals surface area contributed by atoms with E-state index < -0.39 is 6.29 Å². The molecule has 7 nitrogen and oxygen atoms in total. The Labute approximate surface area is 253 Å². The molecular weight excluding hydrogens is 540 g/mol. The summed E-state index contributed by atoms with van der Waals surface area (Å²) >= 11 is 0. The van der Waals surface area contributed by atoms with Crippen LogP contribution in [0.2, 0.25) is 0 Å². The summed E-state index contributed by atoms with van der Waals surface area (Å²) in [6.45, 7) is 3.10. The molecule has 0 aliphatic carbocycles. The van der Waals surface area contributed by atoms with E-state index in [1.54, 1.807) is 14.2 Å². The van der Waals surface area contributed by atoms with Crippen molar-refractivity contribution in [1.29, 1.82) is 0 Å². The fourth-order valence-electron chi connectivity index (χ4n) is 6.13. The largest absolute Gasteiger partial charge is 0.493 e. The second kappa shape index (κ2) is 13.3. The first-order valence-electron chi connectivity index (χ1n) is 14.9. The zero-order valence-corrected chi connectivity index (χ0v) is 24.9. The minimum absolute atomic E-state index is 0.0216. The molecule has 6 rings (SSSR count). The molecule has 43 heavy (non-hydrogen) atoms. The lowest BCUT2D eigenvalue weighted by Crippen LogP contribution is -2.41. The lowest BCUT2D eigenvalue weighted by Gasteiger charge is -2.39. The van der Waals surface area contributed by atoms with Crippen LogP contribution >= 0.6 is 0 Å². The van der Waals surface area contributed by atoms with E-state index in [1.807, 2.05) is 24.3 Å². The molecule has 7 heteroatoms. The van der Waals surface area contributed by atoms with Gasteiger partial charge in [-0.2, -0.15) is 0 Å². The summed E-state index contributed by atoms with van der Waals surface area (Å²) in [4.78, 5) is 2.46. The molecule has 3 atom stereocenters. The molecule has 0 spiro atoms. The van der Waals surface area contributed by atoms with Crippen molar-refractivity contribution < 1.29 is 24.1 Å². The molecule has 0 radical (unpaired) electrons. The highest BCUT2D eigenvalue weighted by molar-refractivity contribution is 5.64. The predicted molar refractivity (Wildman–Crippen MR) is 167 cm³/mol. The first kappa shape index (κ1) is 29.4. The number of ether oxygens (including phenoxy) is 4. The number of rotatable bonds is 9. The van der Waals surface area contributed by atoms with Gasteiger partial charge >= 0.3 is 0 Å². The summed E-state index contributed by atoms with van der Waals surface area (Å²) in [5, 5.41) is 9.54. The summed E-state index contributed by atoms with van der Waals surface area (Å²) in [7, 11) is 3.36. The third kappa shape index (κ3) is 6.61. The smallest absolute Gasteiger partial charge is 0.184 e. The maximum atomic E-state index is 9.54. The molecule has 1 saturated heterocycles.